The van der Waals surface area contributed by atoms with E-state index in [0.29, 0.717) is 18.8 Å². The molecule has 0 heterocycles. The summed E-state index contributed by atoms with van der Waals surface area (Å²) in [6.07, 6.45) is -0.197. The largest absolute Gasteiger partial charge is 0.479 e. The standard InChI is InChI=1S/C12H15FO3/c1-3-11(12(14)15-4-2)16-10-7-5-6-9(13)8-10/h5-8,11H,3-4H2,1-2H3. The molecule has 1 unspecified atom stereocenters. The molecule has 1 aromatic carbocycles. The van der Waals surface area contributed by atoms with Gasteiger partial charge in [-0.3, -0.25) is 0 Å². The molecule has 0 spiro atoms. The minimum Gasteiger partial charge on any atom is -0.479 e. The zero-order chi connectivity index (χ0) is 12.0. The third kappa shape index (κ3) is 3.53. The van der Waals surface area contributed by atoms with Crippen LogP contribution in [0.3, 0.4) is 0 Å². The second-order valence-corrected chi connectivity index (χ2v) is 3.22. The predicted octanol–water partition coefficient (Wildman–Crippen LogP) is 2.55. The Balaban J connectivity index is 2.66. The molecule has 0 bridgehead atoms. The summed E-state index contributed by atoms with van der Waals surface area (Å²) in [7, 11) is 0. The van der Waals surface area contributed by atoms with Gasteiger partial charge in [0, 0.05) is 6.07 Å². The molecule has 1 atom stereocenters. The molecule has 0 aliphatic heterocycles. The minimum absolute atomic E-state index is 0.307. The van der Waals surface area contributed by atoms with Crippen LogP contribution in [0.4, 0.5) is 4.39 Å². The molecule has 0 amide bonds. The highest BCUT2D eigenvalue weighted by atomic mass is 19.1. The van der Waals surface area contributed by atoms with Crippen molar-refractivity contribution in [2.45, 2.75) is 26.4 Å². The maximum atomic E-state index is 12.9. The molecular formula is C12H15FO3. The summed E-state index contributed by atoms with van der Waals surface area (Å²) in [5.74, 6) is -0.481. The summed E-state index contributed by atoms with van der Waals surface area (Å²) in [5.41, 5.74) is 0. The van der Waals surface area contributed by atoms with Crippen molar-refractivity contribution in [3.63, 3.8) is 0 Å². The Morgan fingerprint density at radius 2 is 2.19 bits per heavy atom. The van der Waals surface area contributed by atoms with Gasteiger partial charge in [0.05, 0.1) is 6.61 Å². The third-order valence-corrected chi connectivity index (χ3v) is 1.99. The van der Waals surface area contributed by atoms with E-state index in [1.807, 2.05) is 0 Å². The van der Waals surface area contributed by atoms with Gasteiger partial charge in [-0.1, -0.05) is 13.0 Å². The molecule has 0 fully saturated rings. The Bertz CT molecular complexity index is 352. The van der Waals surface area contributed by atoms with Crippen LogP contribution in [0.15, 0.2) is 24.3 Å². The van der Waals surface area contributed by atoms with E-state index < -0.39 is 17.9 Å². The van der Waals surface area contributed by atoms with Crippen LogP contribution in [0, 0.1) is 5.82 Å². The van der Waals surface area contributed by atoms with Crippen molar-refractivity contribution in [1.82, 2.24) is 0 Å². The van der Waals surface area contributed by atoms with Gasteiger partial charge < -0.3 is 9.47 Å². The van der Waals surface area contributed by atoms with Crippen molar-refractivity contribution in [2.24, 2.45) is 0 Å². The van der Waals surface area contributed by atoms with Crippen molar-refractivity contribution in [1.29, 1.82) is 0 Å². The van der Waals surface area contributed by atoms with Crippen molar-refractivity contribution >= 4 is 5.97 Å². The van der Waals surface area contributed by atoms with Gasteiger partial charge in [0.2, 0.25) is 0 Å². The Labute approximate surface area is 94.2 Å². The lowest BCUT2D eigenvalue weighted by atomic mass is 10.2. The van der Waals surface area contributed by atoms with Gasteiger partial charge in [-0.25, -0.2) is 9.18 Å². The van der Waals surface area contributed by atoms with Gasteiger partial charge in [0.1, 0.15) is 11.6 Å². The molecule has 0 radical (unpaired) electrons. The highest BCUT2D eigenvalue weighted by molar-refractivity contribution is 5.75. The topological polar surface area (TPSA) is 35.5 Å². The van der Waals surface area contributed by atoms with E-state index in [2.05, 4.69) is 0 Å². The van der Waals surface area contributed by atoms with Crippen LogP contribution in [-0.2, 0) is 9.53 Å². The van der Waals surface area contributed by atoms with Gasteiger partial charge in [-0.05, 0) is 25.5 Å². The fraction of sp³-hybridized carbons (Fsp3) is 0.417. The molecular weight excluding hydrogens is 211 g/mol. The molecule has 88 valence electrons. The Morgan fingerprint density at radius 1 is 1.44 bits per heavy atom. The Hall–Kier alpha value is -1.58. The Morgan fingerprint density at radius 3 is 2.75 bits per heavy atom. The first-order valence-electron chi connectivity index (χ1n) is 5.26. The molecule has 0 aromatic heterocycles. The summed E-state index contributed by atoms with van der Waals surface area (Å²) in [6.45, 7) is 3.84. The van der Waals surface area contributed by atoms with E-state index in [1.54, 1.807) is 19.9 Å². The third-order valence-electron chi connectivity index (χ3n) is 1.99. The zero-order valence-corrected chi connectivity index (χ0v) is 9.40. The number of ether oxygens (including phenoxy) is 2. The fourth-order valence-electron chi connectivity index (χ4n) is 1.24. The lowest BCUT2D eigenvalue weighted by molar-refractivity contribution is -0.151. The first-order chi connectivity index (χ1) is 7.67. The average Bonchev–Trinajstić information content (AvgIpc) is 2.26. The molecule has 0 saturated heterocycles. The van der Waals surface area contributed by atoms with E-state index in [1.165, 1.54) is 18.2 Å². The number of rotatable bonds is 5. The van der Waals surface area contributed by atoms with E-state index in [0.717, 1.165) is 0 Å². The zero-order valence-electron chi connectivity index (χ0n) is 9.40. The molecule has 3 nitrogen and oxygen atoms in total. The number of esters is 1. The number of carbonyl (C=O) groups is 1. The summed E-state index contributed by atoms with van der Waals surface area (Å²) in [4.78, 5) is 11.4. The maximum Gasteiger partial charge on any atom is 0.347 e. The van der Waals surface area contributed by atoms with Crippen LogP contribution in [0.5, 0.6) is 5.75 Å². The first-order valence-corrected chi connectivity index (χ1v) is 5.26. The molecule has 0 aliphatic carbocycles. The van der Waals surface area contributed by atoms with Crippen molar-refractivity contribution in [3.8, 4) is 5.75 Å². The van der Waals surface area contributed by atoms with Crippen LogP contribution in [-0.4, -0.2) is 18.7 Å². The second-order valence-electron chi connectivity index (χ2n) is 3.22. The average molecular weight is 226 g/mol. The molecule has 0 aliphatic rings. The van der Waals surface area contributed by atoms with Crippen molar-refractivity contribution in [3.05, 3.63) is 30.1 Å². The first kappa shape index (κ1) is 12.5. The van der Waals surface area contributed by atoms with Crippen LogP contribution in [0.1, 0.15) is 20.3 Å². The lowest BCUT2D eigenvalue weighted by Gasteiger charge is -2.15. The van der Waals surface area contributed by atoms with E-state index >= 15 is 0 Å². The highest BCUT2D eigenvalue weighted by Gasteiger charge is 2.19. The molecule has 0 N–H and O–H groups in total. The van der Waals surface area contributed by atoms with Gasteiger partial charge in [0.15, 0.2) is 6.10 Å². The lowest BCUT2D eigenvalue weighted by Crippen LogP contribution is -2.28. The Kier molecular flexibility index (Phi) is 4.76. The predicted molar refractivity (Wildman–Crippen MR) is 57.7 cm³/mol. The summed E-state index contributed by atoms with van der Waals surface area (Å²) >= 11 is 0. The summed E-state index contributed by atoms with van der Waals surface area (Å²) in [6, 6.07) is 5.69. The summed E-state index contributed by atoms with van der Waals surface area (Å²) in [5, 5.41) is 0. The van der Waals surface area contributed by atoms with Crippen LogP contribution in [0.2, 0.25) is 0 Å². The maximum absolute atomic E-state index is 12.9. The van der Waals surface area contributed by atoms with Gasteiger partial charge in [-0.15, -0.1) is 0 Å². The van der Waals surface area contributed by atoms with Gasteiger partial charge in [0.25, 0.3) is 0 Å². The normalized spacial score (nSPS) is 11.9. The molecule has 16 heavy (non-hydrogen) atoms. The van der Waals surface area contributed by atoms with E-state index in [-0.39, 0.29) is 0 Å². The monoisotopic (exact) mass is 226 g/mol. The van der Waals surface area contributed by atoms with Crippen molar-refractivity contribution < 1.29 is 18.7 Å². The molecule has 4 heteroatoms. The highest BCUT2D eigenvalue weighted by Crippen LogP contribution is 2.15. The van der Waals surface area contributed by atoms with Crippen LogP contribution in [0.25, 0.3) is 0 Å². The summed E-state index contributed by atoms with van der Waals surface area (Å²) < 4.78 is 23.1. The second kappa shape index (κ2) is 6.10. The molecule has 1 aromatic rings. The number of benzene rings is 1. The number of halogens is 1. The SMILES string of the molecule is CCOC(=O)C(CC)Oc1cccc(F)c1. The fourth-order valence-corrected chi connectivity index (χ4v) is 1.24. The number of hydrogen-bond acceptors (Lipinski definition) is 3. The van der Waals surface area contributed by atoms with Crippen LogP contribution < -0.4 is 4.74 Å². The van der Waals surface area contributed by atoms with Gasteiger partial charge in [-0.2, -0.15) is 0 Å². The van der Waals surface area contributed by atoms with E-state index in [4.69, 9.17) is 9.47 Å². The molecule has 0 saturated carbocycles. The molecule has 1 rings (SSSR count). The van der Waals surface area contributed by atoms with E-state index in [9.17, 15) is 9.18 Å². The smallest absolute Gasteiger partial charge is 0.347 e. The van der Waals surface area contributed by atoms with Gasteiger partial charge >= 0.3 is 5.97 Å². The van der Waals surface area contributed by atoms with Crippen LogP contribution >= 0.6 is 0 Å². The van der Waals surface area contributed by atoms with Crippen molar-refractivity contribution in [2.75, 3.05) is 6.61 Å². The minimum atomic E-state index is -0.679. The number of carbonyl (C=O) groups excluding carboxylic acids is 1. The quantitative estimate of drug-likeness (QED) is 0.724. The number of hydrogen-bond donors (Lipinski definition) is 0.